The summed E-state index contributed by atoms with van der Waals surface area (Å²) in [6.45, 7) is 0. The van der Waals surface area contributed by atoms with E-state index in [4.69, 9.17) is 4.74 Å². The number of nitrogens with one attached hydrogen (secondary N) is 3. The predicted octanol–water partition coefficient (Wildman–Crippen LogP) is 4.28. The molecule has 2 aromatic heterocycles. The fourth-order valence-electron chi connectivity index (χ4n) is 2.94. The Hall–Kier alpha value is -3.47. The summed E-state index contributed by atoms with van der Waals surface area (Å²) < 4.78 is 5.24. The van der Waals surface area contributed by atoms with Crippen LogP contribution in [0.4, 0.5) is 11.4 Å². The lowest BCUT2D eigenvalue weighted by Crippen LogP contribution is -2.09. The molecule has 0 saturated carbocycles. The number of hydrogen-bond acceptors (Lipinski definition) is 3. The first kappa shape index (κ1) is 15.1. The van der Waals surface area contributed by atoms with Gasteiger partial charge in [-0.15, -0.1) is 0 Å². The van der Waals surface area contributed by atoms with Gasteiger partial charge < -0.3 is 20.0 Å². The second kappa shape index (κ2) is 6.20. The second-order valence-corrected chi connectivity index (χ2v) is 5.73. The molecule has 4 rings (SSSR count). The number of aromatic amines is 2. The van der Waals surface area contributed by atoms with Crippen LogP contribution < -0.4 is 15.6 Å². The fourth-order valence-corrected chi connectivity index (χ4v) is 2.94. The van der Waals surface area contributed by atoms with Gasteiger partial charge >= 0.3 is 0 Å². The maximum absolute atomic E-state index is 12.4. The van der Waals surface area contributed by atoms with Gasteiger partial charge in [-0.1, -0.05) is 18.2 Å². The van der Waals surface area contributed by atoms with E-state index in [9.17, 15) is 4.79 Å². The van der Waals surface area contributed by atoms with Gasteiger partial charge in [0.05, 0.1) is 12.8 Å². The molecule has 0 fully saturated rings. The van der Waals surface area contributed by atoms with Gasteiger partial charge in [0.15, 0.2) is 0 Å². The average Bonchev–Trinajstić information content (AvgIpc) is 3.12. The Morgan fingerprint density at radius 2 is 1.80 bits per heavy atom. The molecule has 0 aliphatic carbocycles. The van der Waals surface area contributed by atoms with Crippen molar-refractivity contribution in [2.24, 2.45) is 0 Å². The van der Waals surface area contributed by atoms with Gasteiger partial charge in [0.2, 0.25) is 0 Å². The van der Waals surface area contributed by atoms with Crippen molar-refractivity contribution in [3.05, 3.63) is 77.3 Å². The van der Waals surface area contributed by atoms with Gasteiger partial charge in [0.1, 0.15) is 5.75 Å². The zero-order valence-corrected chi connectivity index (χ0v) is 13.7. The predicted molar refractivity (Wildman–Crippen MR) is 101 cm³/mol. The van der Waals surface area contributed by atoms with Crippen molar-refractivity contribution in [1.82, 2.24) is 9.97 Å². The summed E-state index contributed by atoms with van der Waals surface area (Å²) in [5.41, 5.74) is 4.09. The number of benzene rings is 2. The van der Waals surface area contributed by atoms with Crippen LogP contribution in [0.5, 0.6) is 5.75 Å². The topological polar surface area (TPSA) is 69.9 Å². The number of aromatic nitrogens is 2. The van der Waals surface area contributed by atoms with Crippen LogP contribution >= 0.6 is 0 Å². The van der Waals surface area contributed by atoms with Gasteiger partial charge in [0.25, 0.3) is 5.56 Å². The first-order valence-electron chi connectivity index (χ1n) is 7.95. The zero-order valence-electron chi connectivity index (χ0n) is 13.7. The summed E-state index contributed by atoms with van der Waals surface area (Å²) in [6.07, 6.45) is 3.54. The number of methoxy groups -OCH3 is 1. The number of anilines is 2. The zero-order chi connectivity index (χ0) is 17.2. The third-order valence-electron chi connectivity index (χ3n) is 4.15. The van der Waals surface area contributed by atoms with E-state index in [1.165, 1.54) is 0 Å². The number of ether oxygens (including phenoxy) is 1. The largest absolute Gasteiger partial charge is 0.497 e. The smallest absolute Gasteiger partial charge is 0.255 e. The SMILES string of the molecule is COc1cccc(Nc2c[nH]c(=O)c(-c3cccc4[nH]ccc34)c2)c1. The third kappa shape index (κ3) is 2.87. The number of rotatable bonds is 4. The van der Waals surface area contributed by atoms with E-state index >= 15 is 0 Å². The molecule has 25 heavy (non-hydrogen) atoms. The molecule has 0 bridgehead atoms. The van der Waals surface area contributed by atoms with Crippen molar-refractivity contribution in [1.29, 1.82) is 0 Å². The molecule has 0 aliphatic heterocycles. The molecular formula is C20H17N3O2. The standard InChI is InChI=1S/C20H17N3O2/c1-25-15-5-2-4-13(10-15)23-14-11-18(20(24)22-12-14)16-6-3-7-19-17(16)8-9-21-19/h2-12,21,23H,1H3,(H,22,24). The van der Waals surface area contributed by atoms with Gasteiger partial charge in [-0.2, -0.15) is 0 Å². The maximum Gasteiger partial charge on any atom is 0.255 e. The van der Waals surface area contributed by atoms with Crippen LogP contribution in [0.25, 0.3) is 22.0 Å². The Labute approximate surface area is 144 Å². The molecule has 2 aromatic carbocycles. The van der Waals surface area contributed by atoms with E-state index in [-0.39, 0.29) is 5.56 Å². The van der Waals surface area contributed by atoms with E-state index in [0.29, 0.717) is 5.56 Å². The molecule has 3 N–H and O–H groups in total. The van der Waals surface area contributed by atoms with Crippen LogP contribution in [-0.2, 0) is 0 Å². The highest BCUT2D eigenvalue weighted by Crippen LogP contribution is 2.28. The Balaban J connectivity index is 1.76. The van der Waals surface area contributed by atoms with E-state index in [1.807, 2.05) is 60.8 Å². The Bertz CT molecular complexity index is 1100. The van der Waals surface area contributed by atoms with Crippen LogP contribution in [0, 0.1) is 0 Å². The van der Waals surface area contributed by atoms with Crippen molar-refractivity contribution in [3.8, 4) is 16.9 Å². The van der Waals surface area contributed by atoms with Crippen LogP contribution in [-0.4, -0.2) is 17.1 Å². The monoisotopic (exact) mass is 331 g/mol. The van der Waals surface area contributed by atoms with Gasteiger partial charge in [-0.3, -0.25) is 4.79 Å². The highest BCUT2D eigenvalue weighted by atomic mass is 16.5. The molecule has 0 radical (unpaired) electrons. The second-order valence-electron chi connectivity index (χ2n) is 5.73. The lowest BCUT2D eigenvalue weighted by Gasteiger charge is -2.10. The Morgan fingerprint density at radius 3 is 2.68 bits per heavy atom. The lowest BCUT2D eigenvalue weighted by atomic mass is 10.0. The molecule has 124 valence electrons. The maximum atomic E-state index is 12.4. The minimum atomic E-state index is -0.120. The van der Waals surface area contributed by atoms with E-state index in [0.717, 1.165) is 33.6 Å². The molecule has 5 heteroatoms. The molecule has 0 amide bonds. The normalized spacial score (nSPS) is 10.8. The molecule has 0 saturated heterocycles. The summed E-state index contributed by atoms with van der Waals surface area (Å²) in [5, 5.41) is 4.32. The van der Waals surface area contributed by atoms with Gasteiger partial charge in [-0.05, 0) is 35.9 Å². The summed E-state index contributed by atoms with van der Waals surface area (Å²) in [7, 11) is 1.63. The van der Waals surface area contributed by atoms with E-state index < -0.39 is 0 Å². The van der Waals surface area contributed by atoms with Crippen molar-refractivity contribution in [2.45, 2.75) is 0 Å². The first-order chi connectivity index (χ1) is 12.2. The van der Waals surface area contributed by atoms with E-state index in [2.05, 4.69) is 15.3 Å². The number of hydrogen-bond donors (Lipinski definition) is 3. The van der Waals surface area contributed by atoms with Crippen molar-refractivity contribution in [2.75, 3.05) is 12.4 Å². The number of fused-ring (bicyclic) bond motifs is 1. The summed E-state index contributed by atoms with van der Waals surface area (Å²) >= 11 is 0. The summed E-state index contributed by atoms with van der Waals surface area (Å²) in [4.78, 5) is 18.4. The average molecular weight is 331 g/mol. The van der Waals surface area contributed by atoms with Crippen molar-refractivity contribution < 1.29 is 4.74 Å². The third-order valence-corrected chi connectivity index (χ3v) is 4.15. The summed E-state index contributed by atoms with van der Waals surface area (Å²) in [6, 6.07) is 17.4. The molecule has 0 unspecified atom stereocenters. The molecule has 0 aliphatic rings. The molecule has 0 spiro atoms. The van der Waals surface area contributed by atoms with Crippen molar-refractivity contribution >= 4 is 22.3 Å². The molecule has 4 aromatic rings. The molecule has 5 nitrogen and oxygen atoms in total. The number of H-pyrrole nitrogens is 2. The number of pyridine rings is 1. The van der Waals surface area contributed by atoms with Gasteiger partial charge in [0, 0.05) is 40.6 Å². The quantitative estimate of drug-likeness (QED) is 0.523. The Kier molecular flexibility index (Phi) is 3.74. The minimum Gasteiger partial charge on any atom is -0.497 e. The van der Waals surface area contributed by atoms with Crippen LogP contribution in [0.3, 0.4) is 0 Å². The van der Waals surface area contributed by atoms with Crippen LogP contribution in [0.15, 0.2) is 71.8 Å². The van der Waals surface area contributed by atoms with Crippen LogP contribution in [0.2, 0.25) is 0 Å². The minimum absolute atomic E-state index is 0.120. The van der Waals surface area contributed by atoms with Gasteiger partial charge in [-0.25, -0.2) is 0 Å². The van der Waals surface area contributed by atoms with Crippen LogP contribution in [0.1, 0.15) is 0 Å². The molecule has 0 atom stereocenters. The highest BCUT2D eigenvalue weighted by Gasteiger charge is 2.09. The molecular weight excluding hydrogens is 314 g/mol. The van der Waals surface area contributed by atoms with Crippen molar-refractivity contribution in [3.63, 3.8) is 0 Å². The first-order valence-corrected chi connectivity index (χ1v) is 7.95. The van der Waals surface area contributed by atoms with E-state index in [1.54, 1.807) is 13.3 Å². The highest BCUT2D eigenvalue weighted by molar-refractivity contribution is 5.95. The summed E-state index contributed by atoms with van der Waals surface area (Å²) in [5.74, 6) is 0.770. The molecule has 2 heterocycles. The Morgan fingerprint density at radius 1 is 0.920 bits per heavy atom. The lowest BCUT2D eigenvalue weighted by molar-refractivity contribution is 0.415. The fraction of sp³-hybridized carbons (Fsp3) is 0.0500.